The van der Waals surface area contributed by atoms with E-state index in [0.717, 1.165) is 12.8 Å². The molecular formula is C10H8N2O2. The van der Waals surface area contributed by atoms with Gasteiger partial charge in [-0.1, -0.05) is 0 Å². The van der Waals surface area contributed by atoms with Crippen LogP contribution in [-0.4, -0.2) is 17.4 Å². The number of aldehydes is 1. The van der Waals surface area contributed by atoms with Crippen molar-refractivity contribution in [2.24, 2.45) is 0 Å². The minimum absolute atomic E-state index is 0.200. The lowest BCUT2D eigenvalue weighted by atomic mass is 10.2. The predicted molar refractivity (Wildman–Crippen MR) is 48.0 cm³/mol. The van der Waals surface area contributed by atoms with Crippen LogP contribution in [0.15, 0.2) is 12.3 Å². The number of nitrogens with zero attached hydrogens (tertiary/aromatic N) is 2. The first kappa shape index (κ1) is 8.70. The summed E-state index contributed by atoms with van der Waals surface area (Å²) in [5, 5.41) is 8.73. The summed E-state index contributed by atoms with van der Waals surface area (Å²) in [4.78, 5) is 14.3. The van der Waals surface area contributed by atoms with Crippen LogP contribution in [0.3, 0.4) is 0 Å². The van der Waals surface area contributed by atoms with E-state index in [-0.39, 0.29) is 11.8 Å². The van der Waals surface area contributed by atoms with Crippen LogP contribution in [0.25, 0.3) is 0 Å². The third-order valence-corrected chi connectivity index (χ3v) is 1.93. The molecule has 1 saturated carbocycles. The second-order valence-corrected chi connectivity index (χ2v) is 3.16. The number of ether oxygens (including phenoxy) is 1. The molecule has 0 aromatic carbocycles. The molecule has 70 valence electrons. The molecular weight excluding hydrogens is 180 g/mol. The van der Waals surface area contributed by atoms with Gasteiger partial charge in [-0.2, -0.15) is 5.26 Å². The molecule has 1 aliphatic carbocycles. The fraction of sp³-hybridized carbons (Fsp3) is 0.300. The molecule has 4 heteroatoms. The number of carbonyl (C=O) groups is 1. The maximum Gasteiger partial charge on any atom is 0.182 e. The van der Waals surface area contributed by atoms with Crippen LogP contribution in [0.4, 0.5) is 0 Å². The highest BCUT2D eigenvalue weighted by molar-refractivity contribution is 5.75. The van der Waals surface area contributed by atoms with E-state index in [1.54, 1.807) is 6.07 Å². The molecule has 0 saturated heterocycles. The van der Waals surface area contributed by atoms with Gasteiger partial charge in [-0.3, -0.25) is 4.79 Å². The van der Waals surface area contributed by atoms with E-state index < -0.39 is 0 Å². The fourth-order valence-corrected chi connectivity index (χ4v) is 1.06. The van der Waals surface area contributed by atoms with Gasteiger partial charge in [0.1, 0.15) is 6.07 Å². The van der Waals surface area contributed by atoms with E-state index in [1.807, 2.05) is 6.07 Å². The maximum atomic E-state index is 10.5. The summed E-state index contributed by atoms with van der Waals surface area (Å²) < 4.78 is 5.45. The number of pyridine rings is 1. The van der Waals surface area contributed by atoms with Crippen LogP contribution in [0.1, 0.15) is 28.9 Å². The van der Waals surface area contributed by atoms with E-state index in [0.29, 0.717) is 17.6 Å². The quantitative estimate of drug-likeness (QED) is 0.671. The van der Waals surface area contributed by atoms with Crippen molar-refractivity contribution in [3.63, 3.8) is 0 Å². The summed E-state index contributed by atoms with van der Waals surface area (Å²) in [6.45, 7) is 0. The minimum atomic E-state index is 0.200. The second-order valence-electron chi connectivity index (χ2n) is 3.16. The molecule has 1 fully saturated rings. The van der Waals surface area contributed by atoms with E-state index in [2.05, 4.69) is 4.98 Å². The third kappa shape index (κ3) is 1.72. The van der Waals surface area contributed by atoms with E-state index in [4.69, 9.17) is 10.00 Å². The average molecular weight is 188 g/mol. The summed E-state index contributed by atoms with van der Waals surface area (Å²) in [6.07, 6.45) is 4.27. The Kier molecular flexibility index (Phi) is 2.15. The van der Waals surface area contributed by atoms with Gasteiger partial charge in [-0.15, -0.1) is 0 Å². The zero-order chi connectivity index (χ0) is 9.97. The molecule has 0 amide bonds. The van der Waals surface area contributed by atoms with Crippen molar-refractivity contribution in [2.75, 3.05) is 0 Å². The van der Waals surface area contributed by atoms with Crippen LogP contribution in [-0.2, 0) is 0 Å². The highest BCUT2D eigenvalue weighted by Crippen LogP contribution is 2.28. The minimum Gasteiger partial charge on any atom is -0.487 e. The Hall–Kier alpha value is -1.89. The van der Waals surface area contributed by atoms with Crippen molar-refractivity contribution in [1.29, 1.82) is 5.26 Å². The van der Waals surface area contributed by atoms with Gasteiger partial charge in [0.2, 0.25) is 0 Å². The standard InChI is InChI=1S/C10H8N2O2/c11-4-9-10(14-8-1-2-8)3-7(6-13)5-12-9/h3,5-6,8H,1-2H2. The molecule has 0 N–H and O–H groups in total. The van der Waals surface area contributed by atoms with Crippen LogP contribution in [0.2, 0.25) is 0 Å². The van der Waals surface area contributed by atoms with Crippen LogP contribution >= 0.6 is 0 Å². The SMILES string of the molecule is N#Cc1ncc(C=O)cc1OC1CC1. The van der Waals surface area contributed by atoms with E-state index in [9.17, 15) is 4.79 Å². The first-order chi connectivity index (χ1) is 6.83. The molecule has 1 heterocycles. The molecule has 1 aromatic heterocycles. The van der Waals surface area contributed by atoms with Gasteiger partial charge in [0, 0.05) is 11.8 Å². The van der Waals surface area contributed by atoms with Crippen LogP contribution in [0, 0.1) is 11.3 Å². The monoisotopic (exact) mass is 188 g/mol. The summed E-state index contributed by atoms with van der Waals surface area (Å²) >= 11 is 0. The first-order valence-corrected chi connectivity index (χ1v) is 4.35. The summed E-state index contributed by atoms with van der Waals surface area (Å²) in [6, 6.07) is 3.48. The summed E-state index contributed by atoms with van der Waals surface area (Å²) in [5.41, 5.74) is 0.669. The highest BCUT2D eigenvalue weighted by Gasteiger charge is 2.25. The van der Waals surface area contributed by atoms with Crippen molar-refractivity contribution in [1.82, 2.24) is 4.98 Å². The normalized spacial score (nSPS) is 14.5. The van der Waals surface area contributed by atoms with Crippen molar-refractivity contribution < 1.29 is 9.53 Å². The number of hydrogen-bond acceptors (Lipinski definition) is 4. The smallest absolute Gasteiger partial charge is 0.182 e. The molecule has 1 aromatic rings. The number of hydrogen-bond donors (Lipinski definition) is 0. The average Bonchev–Trinajstić information content (AvgIpc) is 3.01. The van der Waals surface area contributed by atoms with Gasteiger partial charge < -0.3 is 4.74 Å². The van der Waals surface area contributed by atoms with Crippen LogP contribution < -0.4 is 4.74 Å². The zero-order valence-corrected chi connectivity index (χ0v) is 7.43. The lowest BCUT2D eigenvalue weighted by molar-refractivity contribution is 0.112. The molecule has 1 aliphatic rings. The third-order valence-electron chi connectivity index (χ3n) is 1.93. The molecule has 2 rings (SSSR count). The zero-order valence-electron chi connectivity index (χ0n) is 7.43. The molecule has 0 radical (unpaired) electrons. The largest absolute Gasteiger partial charge is 0.487 e. The fourth-order valence-electron chi connectivity index (χ4n) is 1.06. The molecule has 0 aliphatic heterocycles. The Labute approximate surface area is 81.1 Å². The van der Waals surface area contributed by atoms with Gasteiger partial charge in [0.25, 0.3) is 0 Å². The van der Waals surface area contributed by atoms with Gasteiger partial charge in [0.05, 0.1) is 6.10 Å². The highest BCUT2D eigenvalue weighted by atomic mass is 16.5. The molecule has 0 bridgehead atoms. The Bertz CT molecular complexity index is 405. The molecule has 0 atom stereocenters. The van der Waals surface area contributed by atoms with Gasteiger partial charge in [-0.05, 0) is 18.9 Å². The van der Waals surface area contributed by atoms with Gasteiger partial charge in [-0.25, -0.2) is 4.98 Å². The number of carbonyl (C=O) groups excluding carboxylic acids is 1. The van der Waals surface area contributed by atoms with Gasteiger partial charge >= 0.3 is 0 Å². The Morgan fingerprint density at radius 2 is 2.43 bits per heavy atom. The molecule has 14 heavy (non-hydrogen) atoms. The van der Waals surface area contributed by atoms with Crippen molar-refractivity contribution in [3.8, 4) is 11.8 Å². The van der Waals surface area contributed by atoms with Gasteiger partial charge in [0.15, 0.2) is 17.7 Å². The topological polar surface area (TPSA) is 63.0 Å². The molecule has 4 nitrogen and oxygen atoms in total. The number of aromatic nitrogens is 1. The van der Waals surface area contributed by atoms with Crippen molar-refractivity contribution in [3.05, 3.63) is 23.5 Å². The number of nitriles is 1. The lowest BCUT2D eigenvalue weighted by Gasteiger charge is -2.05. The Balaban J connectivity index is 2.31. The molecule has 0 spiro atoms. The van der Waals surface area contributed by atoms with E-state index in [1.165, 1.54) is 6.20 Å². The first-order valence-electron chi connectivity index (χ1n) is 4.35. The maximum absolute atomic E-state index is 10.5. The number of rotatable bonds is 3. The van der Waals surface area contributed by atoms with Crippen molar-refractivity contribution in [2.45, 2.75) is 18.9 Å². The Morgan fingerprint density at radius 1 is 1.64 bits per heavy atom. The molecule has 0 unspecified atom stereocenters. The predicted octanol–water partition coefficient (Wildman–Crippen LogP) is 1.31. The van der Waals surface area contributed by atoms with Crippen LogP contribution in [0.5, 0.6) is 5.75 Å². The summed E-state index contributed by atoms with van der Waals surface area (Å²) in [7, 11) is 0. The van der Waals surface area contributed by atoms with E-state index >= 15 is 0 Å². The summed E-state index contributed by atoms with van der Waals surface area (Å²) in [5.74, 6) is 0.416. The Morgan fingerprint density at radius 3 is 3.00 bits per heavy atom. The van der Waals surface area contributed by atoms with Crippen molar-refractivity contribution >= 4 is 6.29 Å². The second kappa shape index (κ2) is 3.46. The lowest BCUT2D eigenvalue weighted by Crippen LogP contribution is -2.00.